The van der Waals surface area contributed by atoms with Crippen LogP contribution in [0.3, 0.4) is 0 Å². The van der Waals surface area contributed by atoms with Crippen molar-refractivity contribution in [1.82, 2.24) is 25.2 Å². The van der Waals surface area contributed by atoms with Crippen LogP contribution in [0.15, 0.2) is 87.8 Å². The highest BCUT2D eigenvalue weighted by Crippen LogP contribution is 2.28. The Bertz CT molecular complexity index is 1280. The molecular formula is C24H21BrN6O2S. The summed E-state index contributed by atoms with van der Waals surface area (Å²) < 4.78 is 8.39. The molecule has 1 amide bonds. The maximum atomic E-state index is 12.4. The van der Waals surface area contributed by atoms with Crippen molar-refractivity contribution in [3.05, 3.63) is 83.1 Å². The SMILES string of the molecule is CCOc1ccc(-n2c(SCC(=O)N/N=C\c3cccc(Br)c3)nnc2-c2cccnc2)cc1. The van der Waals surface area contributed by atoms with Gasteiger partial charge >= 0.3 is 0 Å². The van der Waals surface area contributed by atoms with Gasteiger partial charge in [0.05, 0.1) is 18.6 Å². The van der Waals surface area contributed by atoms with E-state index in [4.69, 9.17) is 4.74 Å². The van der Waals surface area contributed by atoms with Crippen LogP contribution < -0.4 is 10.2 Å². The summed E-state index contributed by atoms with van der Waals surface area (Å²) >= 11 is 4.68. The van der Waals surface area contributed by atoms with Crippen molar-refractivity contribution in [3.8, 4) is 22.8 Å². The molecule has 0 fully saturated rings. The molecule has 172 valence electrons. The number of carbonyl (C=O) groups excluding carboxylic acids is 1. The molecule has 0 atom stereocenters. The number of thioether (sulfide) groups is 1. The third kappa shape index (κ3) is 6.09. The van der Waals surface area contributed by atoms with Crippen molar-refractivity contribution in [2.45, 2.75) is 12.1 Å². The van der Waals surface area contributed by atoms with Crippen molar-refractivity contribution in [3.63, 3.8) is 0 Å². The maximum Gasteiger partial charge on any atom is 0.250 e. The fraction of sp³-hybridized carbons (Fsp3) is 0.125. The lowest BCUT2D eigenvalue weighted by molar-refractivity contribution is -0.118. The van der Waals surface area contributed by atoms with Crippen LogP contribution in [0.4, 0.5) is 0 Å². The van der Waals surface area contributed by atoms with Crippen molar-refractivity contribution >= 4 is 39.8 Å². The number of pyridine rings is 1. The first-order chi connectivity index (χ1) is 16.6. The average molecular weight is 537 g/mol. The molecule has 1 N–H and O–H groups in total. The van der Waals surface area contributed by atoms with Gasteiger partial charge in [-0.25, -0.2) is 5.43 Å². The van der Waals surface area contributed by atoms with Crippen LogP contribution in [0.25, 0.3) is 17.1 Å². The lowest BCUT2D eigenvalue weighted by atomic mass is 10.2. The van der Waals surface area contributed by atoms with Crippen molar-refractivity contribution in [2.24, 2.45) is 5.10 Å². The minimum atomic E-state index is -0.250. The summed E-state index contributed by atoms with van der Waals surface area (Å²) in [6.45, 7) is 2.53. The van der Waals surface area contributed by atoms with Gasteiger partial charge in [0.1, 0.15) is 5.75 Å². The molecule has 2 aromatic carbocycles. The largest absolute Gasteiger partial charge is 0.494 e. The molecule has 0 aliphatic heterocycles. The molecule has 0 spiro atoms. The number of halogens is 1. The van der Waals surface area contributed by atoms with Gasteiger partial charge in [-0.05, 0) is 61.0 Å². The Hall–Kier alpha value is -3.50. The van der Waals surface area contributed by atoms with Crippen LogP contribution in [0, 0.1) is 0 Å². The van der Waals surface area contributed by atoms with E-state index in [1.165, 1.54) is 11.8 Å². The Balaban J connectivity index is 1.51. The lowest BCUT2D eigenvalue weighted by Crippen LogP contribution is -2.20. The number of hydrogen-bond donors (Lipinski definition) is 1. The molecule has 2 aromatic heterocycles. The molecular weight excluding hydrogens is 516 g/mol. The molecule has 8 nitrogen and oxygen atoms in total. The highest BCUT2D eigenvalue weighted by molar-refractivity contribution is 9.10. The van der Waals surface area contributed by atoms with E-state index in [0.717, 1.165) is 27.0 Å². The highest BCUT2D eigenvalue weighted by Gasteiger charge is 2.17. The first kappa shape index (κ1) is 23.7. The predicted molar refractivity (Wildman–Crippen MR) is 136 cm³/mol. The molecule has 34 heavy (non-hydrogen) atoms. The number of amides is 1. The molecule has 4 aromatic rings. The van der Waals surface area contributed by atoms with Gasteiger partial charge in [0, 0.05) is 28.1 Å². The second-order valence-corrected chi connectivity index (χ2v) is 8.81. The minimum Gasteiger partial charge on any atom is -0.494 e. The average Bonchev–Trinajstić information content (AvgIpc) is 3.28. The van der Waals surface area contributed by atoms with E-state index in [-0.39, 0.29) is 11.7 Å². The smallest absolute Gasteiger partial charge is 0.250 e. The van der Waals surface area contributed by atoms with Gasteiger partial charge in [-0.15, -0.1) is 10.2 Å². The second kappa shape index (κ2) is 11.6. The van der Waals surface area contributed by atoms with Gasteiger partial charge in [-0.3, -0.25) is 14.3 Å². The number of nitrogens with zero attached hydrogens (tertiary/aromatic N) is 5. The summed E-state index contributed by atoms with van der Waals surface area (Å²) in [5, 5.41) is 13.3. The van der Waals surface area contributed by atoms with Crippen LogP contribution >= 0.6 is 27.7 Å². The number of benzene rings is 2. The Morgan fingerprint density at radius 1 is 1.18 bits per heavy atom. The summed E-state index contributed by atoms with van der Waals surface area (Å²) in [4.78, 5) is 16.6. The van der Waals surface area contributed by atoms with Crippen LogP contribution in [-0.2, 0) is 4.79 Å². The van der Waals surface area contributed by atoms with Gasteiger partial charge in [0.25, 0.3) is 5.91 Å². The zero-order valence-electron chi connectivity index (χ0n) is 18.3. The predicted octanol–water partition coefficient (Wildman–Crippen LogP) is 4.73. The summed E-state index contributed by atoms with van der Waals surface area (Å²) in [5.74, 6) is 1.28. The molecule has 0 saturated carbocycles. The molecule has 0 radical (unpaired) electrons. The van der Waals surface area contributed by atoms with E-state index in [9.17, 15) is 4.79 Å². The Kier molecular flexibility index (Phi) is 8.05. The van der Waals surface area contributed by atoms with E-state index in [1.807, 2.05) is 72.2 Å². The van der Waals surface area contributed by atoms with E-state index >= 15 is 0 Å². The number of hydrogen-bond acceptors (Lipinski definition) is 7. The quantitative estimate of drug-likeness (QED) is 0.189. The second-order valence-electron chi connectivity index (χ2n) is 6.95. The van der Waals surface area contributed by atoms with Gasteiger partial charge in [0.15, 0.2) is 11.0 Å². The number of aromatic nitrogens is 4. The maximum absolute atomic E-state index is 12.4. The van der Waals surface area contributed by atoms with E-state index in [0.29, 0.717) is 17.6 Å². The summed E-state index contributed by atoms with van der Waals surface area (Å²) in [6, 6.07) is 19.0. The molecule has 4 rings (SSSR count). The number of carbonyl (C=O) groups is 1. The summed E-state index contributed by atoms with van der Waals surface area (Å²) in [6.07, 6.45) is 5.03. The van der Waals surface area contributed by atoms with Crippen molar-refractivity contribution < 1.29 is 9.53 Å². The molecule has 0 bridgehead atoms. The number of hydrazone groups is 1. The Morgan fingerprint density at radius 3 is 2.76 bits per heavy atom. The van der Waals surface area contributed by atoms with Gasteiger partial charge in [-0.1, -0.05) is 39.8 Å². The molecule has 2 heterocycles. The third-order valence-electron chi connectivity index (χ3n) is 4.54. The molecule has 0 saturated heterocycles. The zero-order chi connectivity index (χ0) is 23.8. The molecule has 0 aliphatic rings. The Morgan fingerprint density at radius 2 is 2.03 bits per heavy atom. The number of ether oxygens (including phenoxy) is 1. The molecule has 10 heteroatoms. The normalized spacial score (nSPS) is 11.0. The fourth-order valence-corrected chi connectivity index (χ4v) is 4.23. The van der Waals surface area contributed by atoms with Crippen molar-refractivity contribution in [1.29, 1.82) is 0 Å². The highest BCUT2D eigenvalue weighted by atomic mass is 79.9. The first-order valence-electron chi connectivity index (χ1n) is 10.4. The molecule has 0 unspecified atom stereocenters. The van der Waals surface area contributed by atoms with Crippen LogP contribution in [0.5, 0.6) is 5.75 Å². The van der Waals surface area contributed by atoms with Crippen LogP contribution in [-0.4, -0.2) is 44.2 Å². The van der Waals surface area contributed by atoms with Crippen molar-refractivity contribution in [2.75, 3.05) is 12.4 Å². The van der Waals surface area contributed by atoms with Crippen LogP contribution in [0.1, 0.15) is 12.5 Å². The zero-order valence-corrected chi connectivity index (χ0v) is 20.7. The third-order valence-corrected chi connectivity index (χ3v) is 5.97. The minimum absolute atomic E-state index is 0.123. The summed E-state index contributed by atoms with van der Waals surface area (Å²) in [7, 11) is 0. The van der Waals surface area contributed by atoms with E-state index in [2.05, 4.69) is 41.6 Å². The first-order valence-corrected chi connectivity index (χ1v) is 12.2. The van der Waals surface area contributed by atoms with E-state index < -0.39 is 0 Å². The van der Waals surface area contributed by atoms with Gasteiger partial charge in [0.2, 0.25) is 0 Å². The van der Waals surface area contributed by atoms with Gasteiger partial charge in [-0.2, -0.15) is 5.10 Å². The monoisotopic (exact) mass is 536 g/mol. The number of rotatable bonds is 9. The van der Waals surface area contributed by atoms with Gasteiger partial charge < -0.3 is 4.74 Å². The summed E-state index contributed by atoms with van der Waals surface area (Å²) in [5.41, 5.74) is 5.09. The van der Waals surface area contributed by atoms with Crippen LogP contribution in [0.2, 0.25) is 0 Å². The standard InChI is InChI=1S/C24H21BrN6O2S/c1-2-33-21-10-8-20(9-11-21)31-23(18-6-4-12-26-15-18)29-30-24(31)34-16-22(32)28-27-14-17-5-3-7-19(25)13-17/h3-15H,2,16H2,1H3,(H,28,32)/b27-14-. The number of nitrogens with one attached hydrogen (secondary N) is 1. The fourth-order valence-electron chi connectivity index (χ4n) is 3.06. The lowest BCUT2D eigenvalue weighted by Gasteiger charge is -2.11. The van der Waals surface area contributed by atoms with E-state index in [1.54, 1.807) is 18.6 Å². The Labute approximate surface area is 209 Å². The molecule has 0 aliphatic carbocycles. The topological polar surface area (TPSA) is 94.3 Å².